The first-order valence-electron chi connectivity index (χ1n) is 3.63. The predicted octanol–water partition coefficient (Wildman–Crippen LogP) is 3.59. The highest BCUT2D eigenvalue weighted by Crippen LogP contribution is 2.10. The molecule has 1 rings (SSSR count). The van der Waals surface area contributed by atoms with Gasteiger partial charge in [-0.25, -0.2) is 0 Å². The summed E-state index contributed by atoms with van der Waals surface area (Å²) in [6.45, 7) is 0. The van der Waals surface area contributed by atoms with Crippen LogP contribution >= 0.6 is 31.9 Å². The second kappa shape index (κ2) is 5.40. The molecule has 12 heavy (non-hydrogen) atoms. The van der Waals surface area contributed by atoms with Gasteiger partial charge in [0, 0.05) is 21.8 Å². The van der Waals surface area contributed by atoms with Gasteiger partial charge in [0.25, 0.3) is 0 Å². The van der Waals surface area contributed by atoms with Gasteiger partial charge in [0.1, 0.15) is 0 Å². The molecule has 62 valence electrons. The third kappa shape index (κ3) is 3.42. The molecule has 0 amide bonds. The topological polar surface area (TPSA) is 0 Å². The largest absolute Gasteiger partial charge is 0.0970 e. The van der Waals surface area contributed by atoms with Gasteiger partial charge in [-0.05, 0) is 18.2 Å². The van der Waals surface area contributed by atoms with Crippen LogP contribution in [-0.2, 0) is 0 Å². The van der Waals surface area contributed by atoms with Crippen molar-refractivity contribution in [1.82, 2.24) is 0 Å². The lowest BCUT2D eigenvalue weighted by atomic mass is 10.2. The van der Waals surface area contributed by atoms with Crippen LogP contribution in [0.5, 0.6) is 0 Å². The Morgan fingerprint density at radius 3 is 2.83 bits per heavy atom. The molecular weight excluding hydrogens is 280 g/mol. The molecule has 0 unspecified atom stereocenters. The highest BCUT2D eigenvalue weighted by Gasteiger charge is 1.86. The number of halogens is 2. The molecule has 0 atom stereocenters. The van der Waals surface area contributed by atoms with Crippen LogP contribution in [0, 0.1) is 11.8 Å². The van der Waals surface area contributed by atoms with Crippen LogP contribution in [0.2, 0.25) is 0 Å². The van der Waals surface area contributed by atoms with Crippen molar-refractivity contribution in [2.45, 2.75) is 6.42 Å². The molecule has 0 saturated heterocycles. The maximum atomic E-state index is 3.39. The van der Waals surface area contributed by atoms with Gasteiger partial charge >= 0.3 is 0 Å². The molecule has 0 aliphatic heterocycles. The van der Waals surface area contributed by atoms with Crippen LogP contribution in [0.25, 0.3) is 0 Å². The van der Waals surface area contributed by atoms with Crippen molar-refractivity contribution < 1.29 is 0 Å². The van der Waals surface area contributed by atoms with E-state index in [1.54, 1.807) is 0 Å². The molecule has 0 aromatic heterocycles. The third-order valence-electron chi connectivity index (χ3n) is 1.28. The summed E-state index contributed by atoms with van der Waals surface area (Å²) in [4.78, 5) is 0. The van der Waals surface area contributed by atoms with Gasteiger partial charge in [0.2, 0.25) is 0 Å². The lowest BCUT2D eigenvalue weighted by molar-refractivity contribution is 1.32. The van der Waals surface area contributed by atoms with Crippen LogP contribution in [0.3, 0.4) is 0 Å². The summed E-state index contributed by atoms with van der Waals surface area (Å²) in [5, 5.41) is 0.938. The molecule has 2 heteroatoms. The maximum Gasteiger partial charge on any atom is 0.0256 e. The van der Waals surface area contributed by atoms with Crippen molar-refractivity contribution >= 4 is 31.9 Å². The minimum absolute atomic E-state index is 0.895. The van der Waals surface area contributed by atoms with E-state index in [-0.39, 0.29) is 0 Å². The lowest BCUT2D eigenvalue weighted by Crippen LogP contribution is -1.73. The summed E-state index contributed by atoms with van der Waals surface area (Å²) in [5.74, 6) is 6.14. The zero-order valence-corrected chi connectivity index (χ0v) is 9.65. The minimum atomic E-state index is 0.895. The molecule has 0 nitrogen and oxygen atoms in total. The van der Waals surface area contributed by atoms with E-state index in [1.165, 1.54) is 0 Å². The molecular formula is C10H8Br2. The number of hydrogen-bond acceptors (Lipinski definition) is 0. The summed E-state index contributed by atoms with van der Waals surface area (Å²) in [6, 6.07) is 8.01. The molecule has 0 saturated carbocycles. The molecule has 0 fully saturated rings. The fourth-order valence-electron chi connectivity index (χ4n) is 0.778. The first-order chi connectivity index (χ1) is 5.83. The smallest absolute Gasteiger partial charge is 0.0256 e. The van der Waals surface area contributed by atoms with E-state index in [0.717, 1.165) is 21.8 Å². The quantitative estimate of drug-likeness (QED) is 0.547. The normalized spacial score (nSPS) is 8.83. The Labute approximate surface area is 89.6 Å². The number of rotatable bonds is 1. The molecule has 1 aromatic rings. The van der Waals surface area contributed by atoms with Crippen molar-refractivity contribution in [2.24, 2.45) is 0 Å². The summed E-state index contributed by atoms with van der Waals surface area (Å²) in [7, 11) is 0. The van der Waals surface area contributed by atoms with E-state index >= 15 is 0 Å². The minimum Gasteiger partial charge on any atom is -0.0970 e. The van der Waals surface area contributed by atoms with Gasteiger partial charge in [-0.15, -0.1) is 0 Å². The van der Waals surface area contributed by atoms with E-state index in [4.69, 9.17) is 0 Å². The van der Waals surface area contributed by atoms with Crippen molar-refractivity contribution in [3.8, 4) is 11.8 Å². The standard InChI is InChI=1S/C10H8Br2/c11-7-2-1-4-9-5-3-6-10(12)8-9/h3,5-6,8H,2,7H2. The van der Waals surface area contributed by atoms with Crippen LogP contribution in [0.15, 0.2) is 28.7 Å². The predicted molar refractivity (Wildman–Crippen MR) is 59.4 cm³/mol. The number of hydrogen-bond donors (Lipinski definition) is 0. The zero-order chi connectivity index (χ0) is 8.81. The van der Waals surface area contributed by atoms with Gasteiger partial charge in [0.15, 0.2) is 0 Å². The highest BCUT2D eigenvalue weighted by molar-refractivity contribution is 9.10. The summed E-state index contributed by atoms with van der Waals surface area (Å²) < 4.78 is 1.08. The van der Waals surface area contributed by atoms with Gasteiger partial charge in [-0.2, -0.15) is 0 Å². The van der Waals surface area contributed by atoms with E-state index in [2.05, 4.69) is 43.7 Å². The van der Waals surface area contributed by atoms with Gasteiger partial charge in [-0.1, -0.05) is 49.8 Å². The molecule has 0 bridgehead atoms. The molecule has 0 aliphatic carbocycles. The maximum absolute atomic E-state index is 3.39. The molecule has 0 radical (unpaired) electrons. The third-order valence-corrected chi connectivity index (χ3v) is 2.17. The summed E-state index contributed by atoms with van der Waals surface area (Å²) >= 11 is 6.72. The Hall–Kier alpha value is -0.260. The van der Waals surface area contributed by atoms with E-state index in [1.807, 2.05) is 24.3 Å². The van der Waals surface area contributed by atoms with Crippen molar-refractivity contribution in [3.63, 3.8) is 0 Å². The van der Waals surface area contributed by atoms with Gasteiger partial charge in [0.05, 0.1) is 0 Å². The molecule has 0 N–H and O–H groups in total. The molecule has 0 aliphatic rings. The monoisotopic (exact) mass is 286 g/mol. The highest BCUT2D eigenvalue weighted by atomic mass is 79.9. The summed E-state index contributed by atoms with van der Waals surface area (Å²) in [6.07, 6.45) is 0.895. The Balaban J connectivity index is 2.71. The van der Waals surface area contributed by atoms with Crippen LogP contribution < -0.4 is 0 Å². The Morgan fingerprint density at radius 2 is 2.17 bits per heavy atom. The zero-order valence-electron chi connectivity index (χ0n) is 6.48. The summed E-state index contributed by atoms with van der Waals surface area (Å²) in [5.41, 5.74) is 1.06. The SMILES string of the molecule is BrCCC#Cc1cccc(Br)c1. The average molecular weight is 288 g/mol. The van der Waals surface area contributed by atoms with Gasteiger partial charge < -0.3 is 0 Å². The molecule has 1 aromatic carbocycles. The number of benzene rings is 1. The first-order valence-corrected chi connectivity index (χ1v) is 5.55. The van der Waals surface area contributed by atoms with Crippen LogP contribution in [0.1, 0.15) is 12.0 Å². The van der Waals surface area contributed by atoms with Crippen LogP contribution in [0.4, 0.5) is 0 Å². The Bertz CT molecular complexity index is 307. The van der Waals surface area contributed by atoms with Crippen molar-refractivity contribution in [2.75, 3.05) is 5.33 Å². The second-order valence-corrected chi connectivity index (χ2v) is 3.96. The van der Waals surface area contributed by atoms with Crippen molar-refractivity contribution in [1.29, 1.82) is 0 Å². The first kappa shape index (κ1) is 9.83. The molecule has 0 heterocycles. The Morgan fingerprint density at radius 1 is 1.33 bits per heavy atom. The molecule has 0 spiro atoms. The van der Waals surface area contributed by atoms with Gasteiger partial charge in [-0.3, -0.25) is 0 Å². The van der Waals surface area contributed by atoms with Crippen molar-refractivity contribution in [3.05, 3.63) is 34.3 Å². The lowest BCUT2D eigenvalue weighted by Gasteiger charge is -1.90. The van der Waals surface area contributed by atoms with E-state index < -0.39 is 0 Å². The van der Waals surface area contributed by atoms with E-state index in [0.29, 0.717) is 0 Å². The van der Waals surface area contributed by atoms with E-state index in [9.17, 15) is 0 Å². The fraction of sp³-hybridized carbons (Fsp3) is 0.200. The Kier molecular flexibility index (Phi) is 4.42. The second-order valence-electron chi connectivity index (χ2n) is 2.25. The van der Waals surface area contributed by atoms with Crippen LogP contribution in [-0.4, -0.2) is 5.33 Å². The fourth-order valence-corrected chi connectivity index (χ4v) is 1.38. The number of alkyl halides is 1. The average Bonchev–Trinajstić information content (AvgIpc) is 2.05.